The largest absolute Gasteiger partial charge is 0.380 e. The van der Waals surface area contributed by atoms with Gasteiger partial charge in [-0.25, -0.2) is 0 Å². The molecule has 2 aliphatic carbocycles. The predicted octanol–water partition coefficient (Wildman–Crippen LogP) is 1.74. The summed E-state index contributed by atoms with van der Waals surface area (Å²) in [6.45, 7) is 0. The first kappa shape index (κ1) is 5.48. The molecule has 2 rings (SSSR count). The van der Waals surface area contributed by atoms with Crippen molar-refractivity contribution in [1.29, 1.82) is 0 Å². The van der Waals surface area contributed by atoms with Crippen LogP contribution in [-0.4, -0.2) is 13.2 Å². The van der Waals surface area contributed by atoms with Crippen LogP contribution in [-0.2, 0) is 4.74 Å². The summed E-state index contributed by atoms with van der Waals surface area (Å²) in [5.74, 6) is 0. The van der Waals surface area contributed by atoms with Crippen molar-refractivity contribution in [3.05, 3.63) is 12.2 Å². The van der Waals surface area contributed by atoms with E-state index in [0.717, 1.165) is 0 Å². The number of rotatable bonds is 1. The van der Waals surface area contributed by atoms with E-state index >= 15 is 0 Å². The van der Waals surface area contributed by atoms with Crippen LogP contribution in [0.5, 0.6) is 0 Å². The van der Waals surface area contributed by atoms with Crippen molar-refractivity contribution in [3.63, 3.8) is 0 Å². The second kappa shape index (κ2) is 1.60. The Kier molecular flexibility index (Phi) is 0.974. The quantitative estimate of drug-likeness (QED) is 0.484. The third-order valence-electron chi connectivity index (χ3n) is 2.55. The molecule has 0 aromatic rings. The van der Waals surface area contributed by atoms with Crippen LogP contribution in [0.2, 0.25) is 0 Å². The van der Waals surface area contributed by atoms with Crippen molar-refractivity contribution >= 4 is 0 Å². The van der Waals surface area contributed by atoms with Gasteiger partial charge in [-0.15, -0.1) is 0 Å². The highest BCUT2D eigenvalue weighted by molar-refractivity contribution is 5.30. The summed E-state index contributed by atoms with van der Waals surface area (Å²) >= 11 is 0. The van der Waals surface area contributed by atoms with E-state index in [4.69, 9.17) is 4.74 Å². The lowest BCUT2D eigenvalue weighted by atomic mass is 10.0. The molecular weight excluding hydrogens is 112 g/mol. The fourth-order valence-corrected chi connectivity index (χ4v) is 1.85. The minimum atomic E-state index is 0.439. The number of methoxy groups -OCH3 is 1. The molecule has 0 amide bonds. The molecule has 9 heavy (non-hydrogen) atoms. The second-order valence-electron chi connectivity index (χ2n) is 3.06. The summed E-state index contributed by atoms with van der Waals surface area (Å²) in [4.78, 5) is 0. The van der Waals surface area contributed by atoms with E-state index in [9.17, 15) is 0 Å². The van der Waals surface area contributed by atoms with E-state index in [1.54, 1.807) is 0 Å². The van der Waals surface area contributed by atoms with Crippen molar-refractivity contribution < 1.29 is 4.74 Å². The first-order valence-electron chi connectivity index (χ1n) is 3.61. The lowest BCUT2D eigenvalue weighted by molar-refractivity contribution is 0.0711. The van der Waals surface area contributed by atoms with Gasteiger partial charge in [-0.2, -0.15) is 0 Å². The van der Waals surface area contributed by atoms with Crippen LogP contribution in [0.15, 0.2) is 12.2 Å². The minimum Gasteiger partial charge on any atom is -0.380 e. The van der Waals surface area contributed by atoms with Gasteiger partial charge in [-0.3, -0.25) is 0 Å². The summed E-state index contributed by atoms with van der Waals surface area (Å²) in [5.41, 5.74) is 0.439. The van der Waals surface area contributed by atoms with E-state index < -0.39 is 0 Å². The van der Waals surface area contributed by atoms with Gasteiger partial charge in [-0.05, 0) is 19.3 Å². The lowest BCUT2D eigenvalue weighted by Gasteiger charge is -2.16. The van der Waals surface area contributed by atoms with Gasteiger partial charge in [0.1, 0.15) is 0 Å². The maximum atomic E-state index is 5.33. The molecule has 0 aliphatic heterocycles. The summed E-state index contributed by atoms with van der Waals surface area (Å²) in [7, 11) is 1.82. The predicted molar refractivity (Wildman–Crippen MR) is 36.2 cm³/mol. The smallest absolute Gasteiger partial charge is 0.0696 e. The van der Waals surface area contributed by atoms with Crippen LogP contribution < -0.4 is 0 Å². The Hall–Kier alpha value is -0.300. The minimum absolute atomic E-state index is 0.439. The first-order chi connectivity index (χ1) is 4.37. The van der Waals surface area contributed by atoms with Crippen LogP contribution in [0.4, 0.5) is 0 Å². The Labute approximate surface area is 55.7 Å². The van der Waals surface area contributed by atoms with E-state index in [0.29, 0.717) is 11.5 Å². The third-order valence-corrected chi connectivity index (χ3v) is 2.55. The molecule has 1 nitrogen and oxygen atoms in total. The Bertz CT molecular complexity index is 143. The van der Waals surface area contributed by atoms with Crippen LogP contribution in [0.1, 0.15) is 19.3 Å². The Morgan fingerprint density at radius 1 is 1.56 bits per heavy atom. The second-order valence-corrected chi connectivity index (χ2v) is 3.06. The standard InChI is InChI=1S/C8H12O/c1-9-7-3-2-4-8(7)5-6-8/h5-7H,2-4H2,1H3. The molecule has 1 fully saturated rings. The van der Waals surface area contributed by atoms with Gasteiger partial charge < -0.3 is 4.74 Å². The van der Waals surface area contributed by atoms with E-state index in [1.165, 1.54) is 19.3 Å². The average Bonchev–Trinajstić information content (AvgIpc) is 2.45. The molecule has 0 saturated heterocycles. The Balaban J connectivity index is 2.06. The third kappa shape index (κ3) is 0.645. The molecule has 0 radical (unpaired) electrons. The topological polar surface area (TPSA) is 9.23 Å². The zero-order chi connectivity index (χ0) is 6.32. The SMILES string of the molecule is COC1CCCC12C=C2. The molecule has 0 bridgehead atoms. The molecular formula is C8H12O. The molecule has 1 atom stereocenters. The van der Waals surface area contributed by atoms with Gasteiger partial charge in [0.15, 0.2) is 0 Å². The van der Waals surface area contributed by atoms with Gasteiger partial charge in [0.25, 0.3) is 0 Å². The lowest BCUT2D eigenvalue weighted by Crippen LogP contribution is -2.18. The van der Waals surface area contributed by atoms with Crippen LogP contribution in [0.3, 0.4) is 0 Å². The van der Waals surface area contributed by atoms with Gasteiger partial charge in [-0.1, -0.05) is 12.2 Å². The molecule has 1 heteroatoms. The first-order valence-corrected chi connectivity index (χ1v) is 3.61. The molecule has 0 heterocycles. The highest BCUT2D eigenvalue weighted by atomic mass is 16.5. The van der Waals surface area contributed by atoms with Crippen molar-refractivity contribution in [2.75, 3.05) is 7.11 Å². The molecule has 1 spiro atoms. The van der Waals surface area contributed by atoms with E-state index in [-0.39, 0.29) is 0 Å². The Morgan fingerprint density at radius 3 is 2.78 bits per heavy atom. The average molecular weight is 124 g/mol. The summed E-state index contributed by atoms with van der Waals surface area (Å²) in [6.07, 6.45) is 9.00. The maximum Gasteiger partial charge on any atom is 0.0696 e. The zero-order valence-corrected chi connectivity index (χ0v) is 5.76. The number of hydrogen-bond donors (Lipinski definition) is 0. The highest BCUT2D eigenvalue weighted by Gasteiger charge is 2.45. The van der Waals surface area contributed by atoms with Crippen molar-refractivity contribution in [2.24, 2.45) is 5.41 Å². The van der Waals surface area contributed by atoms with Crippen molar-refractivity contribution in [2.45, 2.75) is 25.4 Å². The molecule has 0 aromatic heterocycles. The molecule has 0 aromatic carbocycles. The van der Waals surface area contributed by atoms with Gasteiger partial charge in [0, 0.05) is 12.5 Å². The molecule has 1 unspecified atom stereocenters. The van der Waals surface area contributed by atoms with Crippen LogP contribution in [0, 0.1) is 5.41 Å². The van der Waals surface area contributed by atoms with Gasteiger partial charge in [0.05, 0.1) is 6.10 Å². The fraction of sp³-hybridized carbons (Fsp3) is 0.750. The molecule has 1 saturated carbocycles. The van der Waals surface area contributed by atoms with E-state index in [2.05, 4.69) is 12.2 Å². The van der Waals surface area contributed by atoms with Gasteiger partial charge in [0.2, 0.25) is 0 Å². The van der Waals surface area contributed by atoms with Crippen LogP contribution in [0.25, 0.3) is 0 Å². The zero-order valence-electron chi connectivity index (χ0n) is 5.76. The molecule has 2 aliphatic rings. The summed E-state index contributed by atoms with van der Waals surface area (Å²) < 4.78 is 5.33. The van der Waals surface area contributed by atoms with Gasteiger partial charge >= 0.3 is 0 Å². The molecule has 0 N–H and O–H groups in total. The normalized spacial score (nSPS) is 35.9. The monoisotopic (exact) mass is 124 g/mol. The van der Waals surface area contributed by atoms with E-state index in [1.807, 2.05) is 7.11 Å². The Morgan fingerprint density at radius 2 is 2.33 bits per heavy atom. The fourth-order valence-electron chi connectivity index (χ4n) is 1.85. The summed E-state index contributed by atoms with van der Waals surface area (Å²) in [5, 5.41) is 0. The van der Waals surface area contributed by atoms with Crippen molar-refractivity contribution in [1.82, 2.24) is 0 Å². The number of hydrogen-bond acceptors (Lipinski definition) is 1. The highest BCUT2D eigenvalue weighted by Crippen LogP contribution is 2.50. The maximum absolute atomic E-state index is 5.33. The van der Waals surface area contributed by atoms with Crippen molar-refractivity contribution in [3.8, 4) is 0 Å². The van der Waals surface area contributed by atoms with Crippen LogP contribution >= 0.6 is 0 Å². The molecule has 50 valence electrons. The summed E-state index contributed by atoms with van der Waals surface area (Å²) in [6, 6.07) is 0. The number of ether oxygens (including phenoxy) is 1.